The molecule has 6 unspecified atom stereocenters. The zero-order valence-electron chi connectivity index (χ0n) is 26.2. The number of nitrogens with zero attached hydrogens (tertiary/aromatic N) is 8. The first-order valence-electron chi connectivity index (χ1n) is 14.6. The standard InChI is InChI=1S/C21H30N10O18P4/c22-16-10-18(26-3-24-16)30(5-28-10)20-14(34)12(32)8(46-20)1-44-52(40,41)48-50(36,37)7-51(38,39)49-53(42,43)45-2-9-13(33)15(35)21(47-9)31-6-29-11-17(23)25-4-27-19(11)31/h3-6,8-9,12-15,20-21,32-35H,1-2,7H2,(H,36,37)(H,38,39)(H,40,41)(H,42,43)(H2,22,24,26)(H2,23,25,27)/t8-,9-,12+,13?,14+,15?,20-,21-/m1/s1. The number of aliphatic hydroxyl groups is 4. The van der Waals surface area contributed by atoms with Gasteiger partial charge in [-0.25, -0.2) is 47.7 Å². The summed E-state index contributed by atoms with van der Waals surface area (Å²) in [6, 6.07) is 0. The second-order valence-corrected chi connectivity index (χ2v) is 18.7. The van der Waals surface area contributed by atoms with Gasteiger partial charge in [-0.1, -0.05) is 0 Å². The maximum Gasteiger partial charge on any atom is 0.479 e. The van der Waals surface area contributed by atoms with Crippen molar-refractivity contribution in [3.8, 4) is 0 Å². The molecule has 2 saturated heterocycles. The first-order chi connectivity index (χ1) is 24.7. The lowest BCUT2D eigenvalue weighted by molar-refractivity contribution is -0.0502. The van der Waals surface area contributed by atoms with E-state index < -0.39 is 99.0 Å². The molecule has 0 aromatic carbocycles. The van der Waals surface area contributed by atoms with Gasteiger partial charge in [-0.2, -0.15) is 0 Å². The predicted molar refractivity (Wildman–Crippen MR) is 170 cm³/mol. The van der Waals surface area contributed by atoms with E-state index in [4.69, 9.17) is 20.9 Å². The monoisotopic (exact) mass is 834 g/mol. The number of imidazole rings is 2. The van der Waals surface area contributed by atoms with Crippen LogP contribution in [0, 0.1) is 0 Å². The van der Waals surface area contributed by atoms with Crippen molar-refractivity contribution in [2.75, 3.05) is 30.6 Å². The highest BCUT2D eigenvalue weighted by Crippen LogP contribution is 2.70. The highest BCUT2D eigenvalue weighted by molar-refractivity contribution is 7.76. The second-order valence-electron chi connectivity index (χ2n) is 11.4. The highest BCUT2D eigenvalue weighted by atomic mass is 31.3. The van der Waals surface area contributed by atoms with Gasteiger partial charge in [0.25, 0.3) is 0 Å². The van der Waals surface area contributed by atoms with Gasteiger partial charge < -0.3 is 60.9 Å². The molecule has 292 valence electrons. The van der Waals surface area contributed by atoms with Crippen LogP contribution in [0.25, 0.3) is 22.3 Å². The Labute approximate surface area is 294 Å². The quantitative estimate of drug-likeness (QED) is 0.0595. The van der Waals surface area contributed by atoms with Gasteiger partial charge in [0.15, 0.2) is 41.3 Å². The van der Waals surface area contributed by atoms with Crippen LogP contribution in [0.5, 0.6) is 0 Å². The maximum atomic E-state index is 12.6. The van der Waals surface area contributed by atoms with Crippen LogP contribution in [0.4, 0.5) is 11.6 Å². The Morgan fingerprint density at radius 1 is 0.623 bits per heavy atom. The van der Waals surface area contributed by atoms with Crippen molar-refractivity contribution >= 4 is 64.8 Å². The number of anilines is 2. The Morgan fingerprint density at radius 2 is 1.00 bits per heavy atom. The van der Waals surface area contributed by atoms with Crippen molar-refractivity contribution in [3.05, 3.63) is 25.3 Å². The first kappa shape index (κ1) is 39.7. The normalized spacial score (nSPS) is 30.9. The lowest BCUT2D eigenvalue weighted by atomic mass is 10.1. The van der Waals surface area contributed by atoms with Crippen molar-refractivity contribution in [1.82, 2.24) is 39.0 Å². The summed E-state index contributed by atoms with van der Waals surface area (Å²) in [5.41, 5.74) is 11.9. The van der Waals surface area contributed by atoms with E-state index in [9.17, 15) is 58.3 Å². The highest BCUT2D eigenvalue weighted by Gasteiger charge is 2.49. The van der Waals surface area contributed by atoms with E-state index in [-0.39, 0.29) is 34.0 Å². The van der Waals surface area contributed by atoms with Crippen LogP contribution in [0.3, 0.4) is 0 Å². The Morgan fingerprint density at radius 3 is 1.38 bits per heavy atom. The van der Waals surface area contributed by atoms with Gasteiger partial charge in [0.05, 0.1) is 25.9 Å². The van der Waals surface area contributed by atoms with E-state index in [0.717, 1.165) is 25.3 Å². The maximum absolute atomic E-state index is 12.6. The lowest BCUT2D eigenvalue weighted by Gasteiger charge is -2.22. The molecule has 0 spiro atoms. The van der Waals surface area contributed by atoms with Crippen LogP contribution in [0.1, 0.15) is 12.5 Å². The minimum Gasteiger partial charge on any atom is -0.387 e. The lowest BCUT2D eigenvalue weighted by Crippen LogP contribution is -2.33. The number of hydrogen-bond acceptors (Lipinski definition) is 22. The van der Waals surface area contributed by atoms with E-state index in [1.165, 1.54) is 9.13 Å². The zero-order valence-corrected chi connectivity index (χ0v) is 29.8. The zero-order chi connectivity index (χ0) is 38.7. The van der Waals surface area contributed by atoms with Crippen LogP contribution in [-0.2, 0) is 45.4 Å². The molecule has 6 rings (SSSR count). The van der Waals surface area contributed by atoms with Crippen LogP contribution < -0.4 is 11.5 Å². The number of phosphoric ester groups is 2. The molecule has 2 aliphatic rings. The minimum absolute atomic E-state index is 0.00238. The van der Waals surface area contributed by atoms with Gasteiger partial charge in [0.2, 0.25) is 0 Å². The molecule has 32 heteroatoms. The number of aliphatic hydroxyl groups excluding tert-OH is 4. The summed E-state index contributed by atoms with van der Waals surface area (Å²) >= 11 is 0. The second kappa shape index (κ2) is 14.6. The third-order valence-electron chi connectivity index (χ3n) is 7.62. The first-order valence-corrected chi connectivity index (χ1v) is 21.1. The number of nitrogens with two attached hydrogens (primary N) is 2. The summed E-state index contributed by atoms with van der Waals surface area (Å²) < 4.78 is 81.0. The topological polar surface area (TPSA) is 425 Å². The summed E-state index contributed by atoms with van der Waals surface area (Å²) in [5.74, 6) is -2.05. The third kappa shape index (κ3) is 8.50. The van der Waals surface area contributed by atoms with Crippen LogP contribution in [0.2, 0.25) is 0 Å². The van der Waals surface area contributed by atoms with Crippen molar-refractivity contribution < 1.29 is 85.4 Å². The van der Waals surface area contributed by atoms with E-state index in [2.05, 4.69) is 47.6 Å². The average Bonchev–Trinajstić information content (AvgIpc) is 3.80. The Kier molecular flexibility index (Phi) is 11.0. The number of ether oxygens (including phenoxy) is 2. The summed E-state index contributed by atoms with van der Waals surface area (Å²) in [6.45, 7) is -2.11. The van der Waals surface area contributed by atoms with Gasteiger partial charge in [0, 0.05) is 0 Å². The molecule has 53 heavy (non-hydrogen) atoms. The summed E-state index contributed by atoms with van der Waals surface area (Å²) in [6.07, 6.45) is -8.28. The number of phosphoric acid groups is 2. The fourth-order valence-corrected chi connectivity index (χ4v) is 12.1. The van der Waals surface area contributed by atoms with E-state index in [1.807, 2.05) is 0 Å². The van der Waals surface area contributed by atoms with Gasteiger partial charge in [0.1, 0.15) is 60.3 Å². The third-order valence-corrected chi connectivity index (χ3v) is 15.1. The molecule has 6 heterocycles. The molecular formula is C21H30N10O18P4. The van der Waals surface area contributed by atoms with Crippen molar-refractivity contribution in [2.45, 2.75) is 49.1 Å². The van der Waals surface area contributed by atoms with Gasteiger partial charge in [-0.05, 0) is 0 Å². The molecule has 0 amide bonds. The molecule has 2 fully saturated rings. The molecule has 4 aromatic rings. The Bertz CT molecular complexity index is 2040. The number of fused-ring (bicyclic) bond motifs is 2. The van der Waals surface area contributed by atoms with E-state index in [0.29, 0.717) is 0 Å². The van der Waals surface area contributed by atoms with Crippen molar-refractivity contribution in [2.24, 2.45) is 0 Å². The number of hydrogen-bond donors (Lipinski definition) is 10. The number of aromatic nitrogens is 8. The number of rotatable bonds is 14. The van der Waals surface area contributed by atoms with Crippen LogP contribution in [-0.4, -0.2) is 135 Å². The molecule has 0 aliphatic carbocycles. The van der Waals surface area contributed by atoms with Crippen LogP contribution >= 0.6 is 30.8 Å². The smallest absolute Gasteiger partial charge is 0.387 e. The molecule has 12 N–H and O–H groups in total. The molecule has 0 radical (unpaired) electrons. The molecule has 0 saturated carbocycles. The van der Waals surface area contributed by atoms with Gasteiger partial charge in [-0.3, -0.25) is 27.3 Å². The van der Waals surface area contributed by atoms with Gasteiger partial charge >= 0.3 is 30.8 Å². The average molecular weight is 834 g/mol. The molecule has 0 bridgehead atoms. The summed E-state index contributed by atoms with van der Waals surface area (Å²) in [4.78, 5) is 63.7. The van der Waals surface area contributed by atoms with Crippen molar-refractivity contribution in [1.29, 1.82) is 0 Å². The van der Waals surface area contributed by atoms with Gasteiger partial charge in [-0.15, -0.1) is 0 Å². The predicted octanol–water partition coefficient (Wildman–Crippen LogP) is -2.34. The van der Waals surface area contributed by atoms with Crippen molar-refractivity contribution in [3.63, 3.8) is 0 Å². The molecule has 4 aromatic heterocycles. The SMILES string of the molecule is Nc1ncnc2c1ncn2[C@@H]1O[C@H](COP(=O)(O)OP(=O)(O)CP(=O)(O)OP(=O)(O)OC[C@H]2O[C@@H](n3cnc4c(N)ncnc43)[C@@H](O)[C@H]2O)C(O)C1O. The fraction of sp³-hybridized carbons (Fsp3) is 0.524. The summed E-state index contributed by atoms with van der Waals surface area (Å²) in [7, 11) is -22.7. The molecule has 28 nitrogen and oxygen atoms in total. The van der Waals surface area contributed by atoms with E-state index in [1.54, 1.807) is 0 Å². The molecular weight excluding hydrogens is 804 g/mol. The molecule has 12 atom stereocenters. The molecule has 2 aliphatic heterocycles. The summed E-state index contributed by atoms with van der Waals surface area (Å²) in [5, 5.41) is 41.9. The fourth-order valence-electron chi connectivity index (χ4n) is 5.29. The van der Waals surface area contributed by atoms with E-state index >= 15 is 0 Å². The Hall–Kier alpha value is -2.94. The largest absolute Gasteiger partial charge is 0.479 e. The Balaban J connectivity index is 1.01. The van der Waals surface area contributed by atoms with Crippen LogP contribution in [0.15, 0.2) is 25.3 Å². The number of nitrogen functional groups attached to an aromatic ring is 2. The minimum atomic E-state index is -5.69.